The van der Waals surface area contributed by atoms with Gasteiger partial charge in [0.2, 0.25) is 0 Å². The minimum absolute atomic E-state index is 0.990. The summed E-state index contributed by atoms with van der Waals surface area (Å²) in [5.74, 6) is 0. The van der Waals surface area contributed by atoms with E-state index in [2.05, 4.69) is 43.2 Å². The topological polar surface area (TPSA) is 17.8 Å². The first-order valence-corrected chi connectivity index (χ1v) is 5.24. The highest BCUT2D eigenvalue weighted by atomic mass is 79.9. The van der Waals surface area contributed by atoms with Gasteiger partial charge in [0, 0.05) is 15.1 Å². The second-order valence-electron chi connectivity index (χ2n) is 2.46. The SMILES string of the molecule is Brc1cccc(Br)c1-n1cc[c]n1. The molecule has 0 aliphatic carbocycles. The van der Waals surface area contributed by atoms with Crippen molar-refractivity contribution in [3.8, 4) is 5.69 Å². The maximum atomic E-state index is 4.04. The zero-order chi connectivity index (χ0) is 9.26. The predicted octanol–water partition coefficient (Wildman–Crippen LogP) is 3.20. The molecule has 65 valence electrons. The lowest BCUT2D eigenvalue weighted by Crippen LogP contribution is -1.96. The van der Waals surface area contributed by atoms with Crippen molar-refractivity contribution in [2.75, 3.05) is 0 Å². The van der Waals surface area contributed by atoms with E-state index >= 15 is 0 Å². The lowest BCUT2D eigenvalue weighted by molar-refractivity contribution is 0.868. The average Bonchev–Trinajstić information content (AvgIpc) is 2.57. The number of rotatable bonds is 1. The van der Waals surface area contributed by atoms with Gasteiger partial charge in [-0.1, -0.05) is 6.07 Å². The van der Waals surface area contributed by atoms with E-state index in [-0.39, 0.29) is 0 Å². The van der Waals surface area contributed by atoms with Gasteiger partial charge in [-0.25, -0.2) is 4.68 Å². The molecule has 0 bridgehead atoms. The molecule has 0 N–H and O–H groups in total. The Balaban J connectivity index is 2.64. The van der Waals surface area contributed by atoms with E-state index in [0.717, 1.165) is 14.6 Å². The van der Waals surface area contributed by atoms with Gasteiger partial charge in [-0.15, -0.1) is 0 Å². The zero-order valence-corrected chi connectivity index (χ0v) is 9.71. The summed E-state index contributed by atoms with van der Waals surface area (Å²) < 4.78 is 3.76. The van der Waals surface area contributed by atoms with Gasteiger partial charge in [0.1, 0.15) is 6.20 Å². The molecule has 0 saturated heterocycles. The van der Waals surface area contributed by atoms with E-state index in [1.807, 2.05) is 24.4 Å². The molecule has 1 aromatic carbocycles. The molecule has 0 saturated carbocycles. The first-order chi connectivity index (χ1) is 6.29. The first-order valence-electron chi connectivity index (χ1n) is 3.65. The number of hydrogen-bond acceptors (Lipinski definition) is 1. The third-order valence-electron chi connectivity index (χ3n) is 1.62. The number of benzene rings is 1. The second kappa shape index (κ2) is 3.64. The number of nitrogens with zero attached hydrogens (tertiary/aromatic N) is 2. The molecule has 2 nitrogen and oxygen atoms in total. The van der Waals surface area contributed by atoms with E-state index in [1.54, 1.807) is 10.7 Å². The van der Waals surface area contributed by atoms with E-state index in [9.17, 15) is 0 Å². The largest absolute Gasteiger partial charge is 0.238 e. The van der Waals surface area contributed by atoms with Crippen LogP contribution in [0, 0.1) is 6.20 Å². The summed E-state index contributed by atoms with van der Waals surface area (Å²) >= 11 is 6.93. The summed E-state index contributed by atoms with van der Waals surface area (Å²) in [6, 6.07) is 7.68. The van der Waals surface area contributed by atoms with Gasteiger partial charge in [0.25, 0.3) is 0 Å². The Hall–Kier alpha value is -0.610. The highest BCUT2D eigenvalue weighted by Crippen LogP contribution is 2.27. The van der Waals surface area contributed by atoms with Crippen LogP contribution in [0.4, 0.5) is 0 Å². The normalized spacial score (nSPS) is 10.3. The molecule has 0 aliphatic heterocycles. The summed E-state index contributed by atoms with van der Waals surface area (Å²) in [7, 11) is 0. The van der Waals surface area contributed by atoms with Crippen LogP contribution < -0.4 is 0 Å². The maximum absolute atomic E-state index is 4.04. The van der Waals surface area contributed by atoms with Crippen LogP contribution >= 0.6 is 31.9 Å². The first kappa shape index (κ1) is 8.97. The smallest absolute Gasteiger partial charge is 0.113 e. The summed E-state index contributed by atoms with van der Waals surface area (Å²) in [6.07, 6.45) is 4.61. The molecule has 0 aliphatic rings. The van der Waals surface area contributed by atoms with E-state index < -0.39 is 0 Å². The van der Waals surface area contributed by atoms with Crippen LogP contribution in [-0.4, -0.2) is 9.78 Å². The fraction of sp³-hybridized carbons (Fsp3) is 0. The highest BCUT2D eigenvalue weighted by Gasteiger charge is 2.05. The van der Waals surface area contributed by atoms with Crippen LogP contribution in [0.2, 0.25) is 0 Å². The Kier molecular flexibility index (Phi) is 2.51. The van der Waals surface area contributed by atoms with Crippen molar-refractivity contribution in [2.45, 2.75) is 0 Å². The summed E-state index contributed by atoms with van der Waals surface area (Å²) in [5.41, 5.74) is 0.990. The Morgan fingerprint density at radius 1 is 1.23 bits per heavy atom. The van der Waals surface area contributed by atoms with Crippen molar-refractivity contribution in [3.63, 3.8) is 0 Å². The second-order valence-corrected chi connectivity index (χ2v) is 4.17. The third kappa shape index (κ3) is 1.69. The highest BCUT2D eigenvalue weighted by molar-refractivity contribution is 9.11. The van der Waals surface area contributed by atoms with E-state index in [0.29, 0.717) is 0 Å². The Labute approximate surface area is 92.8 Å². The fourth-order valence-electron chi connectivity index (χ4n) is 1.07. The van der Waals surface area contributed by atoms with Gasteiger partial charge in [0.15, 0.2) is 0 Å². The Bertz CT molecular complexity index is 389. The van der Waals surface area contributed by atoms with Crippen molar-refractivity contribution >= 4 is 31.9 Å². The summed E-state index contributed by atoms with van der Waals surface area (Å²) in [5, 5.41) is 4.04. The molecule has 0 atom stereocenters. The molecule has 0 fully saturated rings. The molecule has 0 spiro atoms. The van der Waals surface area contributed by atoms with Crippen molar-refractivity contribution in [1.82, 2.24) is 9.78 Å². The molecule has 0 unspecified atom stereocenters. The molecule has 2 rings (SSSR count). The van der Waals surface area contributed by atoms with Gasteiger partial charge < -0.3 is 0 Å². The molecular formula is C9H5Br2N2. The van der Waals surface area contributed by atoms with Gasteiger partial charge in [0.05, 0.1) is 5.69 Å². The van der Waals surface area contributed by atoms with Crippen LogP contribution in [0.5, 0.6) is 0 Å². The van der Waals surface area contributed by atoms with Gasteiger partial charge >= 0.3 is 0 Å². The summed E-state index contributed by atoms with van der Waals surface area (Å²) in [6.45, 7) is 0. The Morgan fingerprint density at radius 2 is 1.92 bits per heavy atom. The van der Waals surface area contributed by atoms with Gasteiger partial charge in [-0.05, 0) is 50.1 Å². The molecule has 1 heterocycles. The van der Waals surface area contributed by atoms with Crippen LogP contribution in [0.25, 0.3) is 5.69 Å². The van der Waals surface area contributed by atoms with E-state index in [4.69, 9.17) is 0 Å². The monoisotopic (exact) mass is 299 g/mol. The predicted molar refractivity (Wildman–Crippen MR) is 57.8 cm³/mol. The lowest BCUT2D eigenvalue weighted by atomic mass is 10.3. The van der Waals surface area contributed by atoms with Crippen LogP contribution in [0.1, 0.15) is 0 Å². The molecule has 4 heteroatoms. The van der Waals surface area contributed by atoms with Crippen LogP contribution in [0.3, 0.4) is 0 Å². The van der Waals surface area contributed by atoms with Crippen molar-refractivity contribution in [1.29, 1.82) is 0 Å². The minimum atomic E-state index is 0.990. The molecule has 1 aromatic heterocycles. The molecular weight excluding hydrogens is 296 g/mol. The lowest BCUT2D eigenvalue weighted by Gasteiger charge is -2.06. The van der Waals surface area contributed by atoms with Gasteiger partial charge in [-0.2, -0.15) is 5.10 Å². The standard InChI is InChI=1S/C9H5Br2N2/c10-7-3-1-4-8(11)9(7)13-6-2-5-12-13/h1-4,6H. The van der Waals surface area contributed by atoms with Crippen LogP contribution in [-0.2, 0) is 0 Å². The number of para-hydroxylation sites is 1. The zero-order valence-electron chi connectivity index (χ0n) is 6.54. The van der Waals surface area contributed by atoms with Crippen molar-refractivity contribution < 1.29 is 0 Å². The van der Waals surface area contributed by atoms with Crippen molar-refractivity contribution in [2.24, 2.45) is 0 Å². The number of aromatic nitrogens is 2. The van der Waals surface area contributed by atoms with Crippen LogP contribution in [0.15, 0.2) is 39.4 Å². The van der Waals surface area contributed by atoms with Gasteiger partial charge in [-0.3, -0.25) is 0 Å². The number of halogens is 2. The van der Waals surface area contributed by atoms with E-state index in [1.165, 1.54) is 0 Å². The maximum Gasteiger partial charge on any atom is 0.113 e. The average molecular weight is 301 g/mol. The minimum Gasteiger partial charge on any atom is -0.238 e. The quantitative estimate of drug-likeness (QED) is 0.791. The summed E-state index contributed by atoms with van der Waals surface area (Å²) in [4.78, 5) is 0. The molecule has 13 heavy (non-hydrogen) atoms. The molecule has 2 aromatic rings. The Morgan fingerprint density at radius 3 is 2.46 bits per heavy atom. The fourth-order valence-corrected chi connectivity index (χ4v) is 2.43. The molecule has 1 radical (unpaired) electrons. The van der Waals surface area contributed by atoms with Crippen molar-refractivity contribution in [3.05, 3.63) is 45.6 Å². The molecule has 0 amide bonds. The third-order valence-corrected chi connectivity index (χ3v) is 2.90. The number of hydrogen-bond donors (Lipinski definition) is 0.